The lowest BCUT2D eigenvalue weighted by atomic mass is 10.1. The molecule has 1 aromatic heterocycles. The molecular formula is C25H31N5OS. The number of hydrogen-bond donors (Lipinski definition) is 1. The summed E-state index contributed by atoms with van der Waals surface area (Å²) >= 11 is 1.44. The molecule has 7 heteroatoms. The number of anilines is 1. The third-order valence-electron chi connectivity index (χ3n) is 5.95. The fourth-order valence-electron chi connectivity index (χ4n) is 4.32. The van der Waals surface area contributed by atoms with Crippen molar-refractivity contribution < 1.29 is 4.79 Å². The van der Waals surface area contributed by atoms with Crippen LogP contribution in [0.2, 0.25) is 0 Å². The van der Waals surface area contributed by atoms with Gasteiger partial charge in [-0.1, -0.05) is 55.1 Å². The topological polar surface area (TPSA) is 63.1 Å². The first-order valence-corrected chi connectivity index (χ1v) is 12.2. The fourth-order valence-corrected chi connectivity index (χ4v) is 5.07. The molecule has 0 unspecified atom stereocenters. The van der Waals surface area contributed by atoms with Crippen molar-refractivity contribution in [2.24, 2.45) is 0 Å². The quantitative estimate of drug-likeness (QED) is 0.485. The number of fused-ring (bicyclic) bond motifs is 1. The summed E-state index contributed by atoms with van der Waals surface area (Å²) in [6.07, 6.45) is 4.38. The van der Waals surface area contributed by atoms with Crippen LogP contribution >= 0.6 is 11.8 Å². The van der Waals surface area contributed by atoms with Gasteiger partial charge in [-0.05, 0) is 68.6 Å². The fraction of sp³-hybridized carbons (Fsp3) is 0.400. The van der Waals surface area contributed by atoms with E-state index >= 15 is 0 Å². The van der Waals surface area contributed by atoms with Crippen molar-refractivity contribution >= 4 is 23.4 Å². The number of nitrogens with one attached hydrogen (secondary N) is 1. The Morgan fingerprint density at radius 1 is 1.12 bits per heavy atom. The number of nitrogens with zero attached hydrogens (tertiary/aromatic N) is 4. The van der Waals surface area contributed by atoms with E-state index in [1.54, 1.807) is 0 Å². The normalized spacial score (nSPS) is 13.9. The Hall–Kier alpha value is -2.64. The summed E-state index contributed by atoms with van der Waals surface area (Å²) in [5.74, 6) is 1.20. The van der Waals surface area contributed by atoms with Crippen LogP contribution in [0.25, 0.3) is 0 Å². The van der Waals surface area contributed by atoms with Crippen molar-refractivity contribution in [3.05, 3.63) is 71.0 Å². The second-order valence-electron chi connectivity index (χ2n) is 8.47. The number of hydrogen-bond acceptors (Lipinski definition) is 5. The molecule has 1 heterocycles. The number of carbonyl (C=O) groups excluding carboxylic acids is 1. The summed E-state index contributed by atoms with van der Waals surface area (Å²) in [6.45, 7) is 2.84. The lowest BCUT2D eigenvalue weighted by Gasteiger charge is -2.23. The van der Waals surface area contributed by atoms with E-state index in [-0.39, 0.29) is 11.9 Å². The Morgan fingerprint density at radius 3 is 2.66 bits per heavy atom. The SMILES string of the molecule is CC[C@@H](c1nnc(SCC(=O)Nc2ccc3c(c2)CCC3)n1Cc1ccccc1)N(C)C. The minimum absolute atomic E-state index is 0.0246. The first-order valence-electron chi connectivity index (χ1n) is 11.2. The average molecular weight is 450 g/mol. The Kier molecular flexibility index (Phi) is 7.27. The summed E-state index contributed by atoms with van der Waals surface area (Å²) in [5, 5.41) is 12.8. The molecule has 1 amide bonds. The number of aromatic nitrogens is 3. The molecule has 32 heavy (non-hydrogen) atoms. The van der Waals surface area contributed by atoms with Gasteiger partial charge in [0.25, 0.3) is 0 Å². The highest BCUT2D eigenvalue weighted by Crippen LogP contribution is 2.27. The van der Waals surface area contributed by atoms with E-state index < -0.39 is 0 Å². The molecule has 1 atom stereocenters. The molecule has 4 rings (SSSR count). The predicted molar refractivity (Wildman–Crippen MR) is 130 cm³/mol. The van der Waals surface area contributed by atoms with Gasteiger partial charge in [0, 0.05) is 5.69 Å². The molecular weight excluding hydrogens is 418 g/mol. The van der Waals surface area contributed by atoms with Crippen LogP contribution in [0.3, 0.4) is 0 Å². The number of benzene rings is 2. The summed E-state index contributed by atoms with van der Waals surface area (Å²) < 4.78 is 2.15. The molecule has 1 aliphatic carbocycles. The van der Waals surface area contributed by atoms with Crippen molar-refractivity contribution in [3.63, 3.8) is 0 Å². The minimum atomic E-state index is -0.0246. The van der Waals surface area contributed by atoms with Gasteiger partial charge < -0.3 is 9.88 Å². The number of aryl methyl sites for hydroxylation is 2. The van der Waals surface area contributed by atoms with E-state index in [4.69, 9.17) is 0 Å². The zero-order valence-corrected chi connectivity index (χ0v) is 19.9. The highest BCUT2D eigenvalue weighted by molar-refractivity contribution is 7.99. The van der Waals surface area contributed by atoms with Crippen LogP contribution < -0.4 is 5.32 Å². The van der Waals surface area contributed by atoms with Gasteiger partial charge in [-0.15, -0.1) is 10.2 Å². The smallest absolute Gasteiger partial charge is 0.234 e. The Bertz CT molecular complexity index is 1060. The summed E-state index contributed by atoms with van der Waals surface area (Å²) in [5.41, 5.74) is 4.83. The monoisotopic (exact) mass is 449 g/mol. The summed E-state index contributed by atoms with van der Waals surface area (Å²) in [6, 6.07) is 16.7. The Morgan fingerprint density at radius 2 is 1.91 bits per heavy atom. The van der Waals surface area contributed by atoms with Gasteiger partial charge in [0.1, 0.15) is 0 Å². The predicted octanol–water partition coefficient (Wildman–Crippen LogP) is 4.56. The maximum Gasteiger partial charge on any atom is 0.234 e. The molecule has 2 aromatic carbocycles. The van der Waals surface area contributed by atoms with Crippen LogP contribution in [0, 0.1) is 0 Å². The number of rotatable bonds is 9. The van der Waals surface area contributed by atoms with Crippen LogP contribution in [0.4, 0.5) is 5.69 Å². The van der Waals surface area contributed by atoms with Crippen molar-refractivity contribution in [3.8, 4) is 0 Å². The van der Waals surface area contributed by atoms with Crippen molar-refractivity contribution in [1.82, 2.24) is 19.7 Å². The molecule has 6 nitrogen and oxygen atoms in total. The van der Waals surface area contributed by atoms with Gasteiger partial charge in [-0.3, -0.25) is 9.69 Å². The molecule has 0 bridgehead atoms. The molecule has 0 spiro atoms. The molecule has 0 radical (unpaired) electrons. The van der Waals surface area contributed by atoms with Crippen molar-refractivity contribution in [1.29, 1.82) is 0 Å². The summed E-state index contributed by atoms with van der Waals surface area (Å²) in [7, 11) is 4.12. The van der Waals surface area contributed by atoms with E-state index in [0.717, 1.165) is 35.9 Å². The van der Waals surface area contributed by atoms with Gasteiger partial charge >= 0.3 is 0 Å². The third kappa shape index (κ3) is 5.22. The molecule has 0 saturated heterocycles. The van der Waals surface area contributed by atoms with E-state index in [9.17, 15) is 4.79 Å². The third-order valence-corrected chi connectivity index (χ3v) is 6.92. The number of thioether (sulfide) groups is 1. The van der Waals surface area contributed by atoms with Crippen LogP contribution in [0.1, 0.15) is 48.3 Å². The Balaban J connectivity index is 1.48. The molecule has 0 aliphatic heterocycles. The largest absolute Gasteiger partial charge is 0.325 e. The van der Waals surface area contributed by atoms with Crippen LogP contribution in [-0.2, 0) is 24.2 Å². The molecule has 1 N–H and O–H groups in total. The van der Waals surface area contributed by atoms with E-state index in [1.165, 1.54) is 34.9 Å². The zero-order valence-electron chi connectivity index (χ0n) is 19.0. The van der Waals surface area contributed by atoms with Crippen molar-refractivity contribution in [2.75, 3.05) is 25.2 Å². The molecule has 1 aliphatic rings. The van der Waals surface area contributed by atoms with Crippen LogP contribution in [0.5, 0.6) is 0 Å². The zero-order chi connectivity index (χ0) is 22.5. The van der Waals surface area contributed by atoms with Gasteiger partial charge in [-0.2, -0.15) is 0 Å². The van der Waals surface area contributed by atoms with Crippen LogP contribution in [0.15, 0.2) is 53.7 Å². The first kappa shape index (κ1) is 22.6. The van der Waals surface area contributed by atoms with Gasteiger partial charge in [0.2, 0.25) is 5.91 Å². The van der Waals surface area contributed by atoms with E-state index in [2.05, 4.69) is 70.3 Å². The molecule has 3 aromatic rings. The van der Waals surface area contributed by atoms with E-state index in [0.29, 0.717) is 12.3 Å². The van der Waals surface area contributed by atoms with Crippen LogP contribution in [-0.4, -0.2) is 45.4 Å². The van der Waals surface area contributed by atoms with Gasteiger partial charge in [0.15, 0.2) is 11.0 Å². The van der Waals surface area contributed by atoms with E-state index in [1.807, 2.05) is 24.3 Å². The molecule has 0 fully saturated rings. The lowest BCUT2D eigenvalue weighted by molar-refractivity contribution is -0.113. The second kappa shape index (κ2) is 10.3. The maximum absolute atomic E-state index is 12.7. The minimum Gasteiger partial charge on any atom is -0.325 e. The lowest BCUT2D eigenvalue weighted by Crippen LogP contribution is -2.23. The maximum atomic E-state index is 12.7. The molecule has 168 valence electrons. The average Bonchev–Trinajstić information content (AvgIpc) is 3.40. The van der Waals surface area contributed by atoms with Gasteiger partial charge in [0.05, 0.1) is 18.3 Å². The summed E-state index contributed by atoms with van der Waals surface area (Å²) in [4.78, 5) is 14.8. The first-order chi connectivity index (χ1) is 15.5. The highest BCUT2D eigenvalue weighted by Gasteiger charge is 2.22. The Labute approximate surface area is 194 Å². The van der Waals surface area contributed by atoms with Crippen molar-refractivity contribution in [2.45, 2.75) is 50.4 Å². The highest BCUT2D eigenvalue weighted by atomic mass is 32.2. The molecule has 0 saturated carbocycles. The number of amides is 1. The van der Waals surface area contributed by atoms with Gasteiger partial charge in [-0.25, -0.2) is 0 Å². The number of carbonyl (C=O) groups is 1. The second-order valence-corrected chi connectivity index (χ2v) is 9.42. The standard InChI is InChI=1S/C25H31N5OS/c1-4-22(29(2)3)24-27-28-25(30(24)16-18-9-6-5-7-10-18)32-17-23(31)26-21-14-13-19-11-8-12-20(19)15-21/h5-7,9-10,13-15,22H,4,8,11-12,16-17H2,1-3H3,(H,26,31)/t22-/m0/s1.